The van der Waals surface area contributed by atoms with Gasteiger partial charge in [-0.1, -0.05) is 22.4 Å². The quantitative estimate of drug-likeness (QED) is 0.841. The van der Waals surface area contributed by atoms with E-state index in [1.54, 1.807) is 4.90 Å². The highest BCUT2D eigenvalue weighted by Crippen LogP contribution is 2.25. The molecular formula is C14H19BrNO+. The van der Waals surface area contributed by atoms with Crippen molar-refractivity contribution < 1.29 is 9.64 Å². The summed E-state index contributed by atoms with van der Waals surface area (Å²) >= 11 is 3.54. The van der Waals surface area contributed by atoms with Crippen molar-refractivity contribution in [3.63, 3.8) is 0 Å². The van der Waals surface area contributed by atoms with Crippen molar-refractivity contribution >= 4 is 15.9 Å². The predicted molar refractivity (Wildman–Crippen MR) is 71.2 cm³/mol. The molecular weight excluding hydrogens is 278 g/mol. The van der Waals surface area contributed by atoms with Crippen LogP contribution in [0.5, 0.6) is 5.75 Å². The van der Waals surface area contributed by atoms with E-state index in [1.165, 1.54) is 37.7 Å². The van der Waals surface area contributed by atoms with E-state index in [2.05, 4.69) is 34.1 Å². The fourth-order valence-corrected chi connectivity index (χ4v) is 3.47. The van der Waals surface area contributed by atoms with Gasteiger partial charge in [0.05, 0.1) is 6.04 Å². The zero-order valence-corrected chi connectivity index (χ0v) is 11.6. The topological polar surface area (TPSA) is 13.7 Å². The first-order valence-electron chi connectivity index (χ1n) is 6.59. The van der Waals surface area contributed by atoms with Crippen molar-refractivity contribution in [2.45, 2.75) is 44.7 Å². The van der Waals surface area contributed by atoms with Crippen LogP contribution in [0, 0.1) is 0 Å². The van der Waals surface area contributed by atoms with Gasteiger partial charge in [-0.05, 0) is 43.9 Å². The molecule has 1 aromatic rings. The Bertz CT molecular complexity index is 401. The Morgan fingerprint density at radius 3 is 2.82 bits per heavy atom. The Morgan fingerprint density at radius 1 is 1.18 bits per heavy atom. The zero-order chi connectivity index (χ0) is 11.7. The van der Waals surface area contributed by atoms with Crippen LogP contribution in [0.15, 0.2) is 22.7 Å². The second-order valence-corrected chi connectivity index (χ2v) is 6.13. The van der Waals surface area contributed by atoms with Gasteiger partial charge < -0.3 is 4.74 Å². The van der Waals surface area contributed by atoms with E-state index in [9.17, 15) is 0 Å². The number of hydrogen-bond donors (Lipinski definition) is 1. The van der Waals surface area contributed by atoms with E-state index >= 15 is 0 Å². The lowest BCUT2D eigenvalue weighted by Crippen LogP contribution is -3.16. The summed E-state index contributed by atoms with van der Waals surface area (Å²) in [5, 5.41) is 0. The SMILES string of the molecule is Brc1ccc2c(c1)C[NH+](C1CCCCC1)CO2. The van der Waals surface area contributed by atoms with Gasteiger partial charge in [0.1, 0.15) is 12.3 Å². The summed E-state index contributed by atoms with van der Waals surface area (Å²) in [6, 6.07) is 7.16. The molecule has 92 valence electrons. The van der Waals surface area contributed by atoms with Gasteiger partial charge in [0.25, 0.3) is 0 Å². The molecule has 1 heterocycles. The molecule has 2 nitrogen and oxygen atoms in total. The first kappa shape index (κ1) is 11.5. The van der Waals surface area contributed by atoms with Crippen LogP contribution >= 0.6 is 15.9 Å². The second-order valence-electron chi connectivity index (χ2n) is 5.21. The molecule has 1 aliphatic carbocycles. The average molecular weight is 297 g/mol. The van der Waals surface area contributed by atoms with E-state index in [-0.39, 0.29) is 0 Å². The highest BCUT2D eigenvalue weighted by molar-refractivity contribution is 9.10. The summed E-state index contributed by atoms with van der Waals surface area (Å²) in [7, 11) is 0. The lowest BCUT2D eigenvalue weighted by atomic mass is 9.94. The Morgan fingerprint density at radius 2 is 2.00 bits per heavy atom. The summed E-state index contributed by atoms with van der Waals surface area (Å²) in [6.07, 6.45) is 6.98. The molecule has 1 aliphatic heterocycles. The van der Waals surface area contributed by atoms with Gasteiger partial charge in [0, 0.05) is 10.0 Å². The molecule has 0 bridgehead atoms. The fourth-order valence-electron chi connectivity index (χ4n) is 3.07. The summed E-state index contributed by atoms with van der Waals surface area (Å²) < 4.78 is 7.04. The van der Waals surface area contributed by atoms with Gasteiger partial charge in [0.15, 0.2) is 0 Å². The van der Waals surface area contributed by atoms with Crippen LogP contribution in [0.25, 0.3) is 0 Å². The number of rotatable bonds is 1. The third-order valence-electron chi connectivity index (χ3n) is 4.04. The van der Waals surface area contributed by atoms with Crippen LogP contribution < -0.4 is 9.64 Å². The molecule has 0 saturated heterocycles. The Labute approximate surface area is 111 Å². The molecule has 1 atom stereocenters. The maximum atomic E-state index is 5.89. The van der Waals surface area contributed by atoms with E-state index in [0.29, 0.717) is 0 Å². The number of benzene rings is 1. The lowest BCUT2D eigenvalue weighted by Gasteiger charge is -2.34. The normalized spacial score (nSPS) is 25.1. The van der Waals surface area contributed by atoms with Crippen LogP contribution in [-0.4, -0.2) is 12.8 Å². The van der Waals surface area contributed by atoms with Crippen molar-refractivity contribution in [2.75, 3.05) is 6.73 Å². The van der Waals surface area contributed by atoms with E-state index in [1.807, 2.05) is 0 Å². The van der Waals surface area contributed by atoms with Gasteiger partial charge >= 0.3 is 0 Å². The maximum absolute atomic E-state index is 5.89. The molecule has 3 rings (SSSR count). The van der Waals surface area contributed by atoms with E-state index in [4.69, 9.17) is 4.74 Å². The van der Waals surface area contributed by atoms with Crippen LogP contribution in [0.4, 0.5) is 0 Å². The Hall–Kier alpha value is -0.540. The number of ether oxygens (including phenoxy) is 1. The molecule has 1 N–H and O–H groups in total. The van der Waals surface area contributed by atoms with E-state index in [0.717, 1.165) is 29.5 Å². The lowest BCUT2D eigenvalue weighted by molar-refractivity contribution is -0.957. The predicted octanol–water partition coefficient (Wildman–Crippen LogP) is 2.52. The molecule has 3 heteroatoms. The van der Waals surface area contributed by atoms with Gasteiger partial charge in [-0.2, -0.15) is 0 Å². The molecule has 17 heavy (non-hydrogen) atoms. The van der Waals surface area contributed by atoms with Crippen molar-refractivity contribution in [2.24, 2.45) is 0 Å². The molecule has 0 amide bonds. The number of fused-ring (bicyclic) bond motifs is 1. The van der Waals surface area contributed by atoms with Gasteiger partial charge in [-0.25, -0.2) is 0 Å². The molecule has 1 unspecified atom stereocenters. The first-order chi connectivity index (χ1) is 8.33. The molecule has 2 aliphatic rings. The van der Waals surface area contributed by atoms with Gasteiger partial charge in [-0.15, -0.1) is 0 Å². The highest BCUT2D eigenvalue weighted by Gasteiger charge is 2.29. The van der Waals surface area contributed by atoms with Crippen LogP contribution in [-0.2, 0) is 6.54 Å². The monoisotopic (exact) mass is 296 g/mol. The second kappa shape index (κ2) is 4.99. The molecule has 1 fully saturated rings. The fraction of sp³-hybridized carbons (Fsp3) is 0.571. The molecule has 0 radical (unpaired) electrons. The molecule has 0 spiro atoms. The summed E-state index contributed by atoms with van der Waals surface area (Å²) in [5.74, 6) is 1.08. The zero-order valence-electron chi connectivity index (χ0n) is 10.0. The smallest absolute Gasteiger partial charge is 0.222 e. The molecule has 1 saturated carbocycles. The minimum atomic E-state index is 0.816. The minimum absolute atomic E-state index is 0.816. The van der Waals surface area contributed by atoms with Gasteiger partial charge in [-0.3, -0.25) is 4.90 Å². The van der Waals surface area contributed by atoms with Crippen LogP contribution in [0.2, 0.25) is 0 Å². The number of halogens is 1. The number of nitrogens with one attached hydrogen (secondary N) is 1. The largest absolute Gasteiger partial charge is 0.445 e. The third-order valence-corrected chi connectivity index (χ3v) is 4.53. The average Bonchev–Trinajstić information content (AvgIpc) is 2.39. The van der Waals surface area contributed by atoms with Crippen LogP contribution in [0.1, 0.15) is 37.7 Å². The van der Waals surface area contributed by atoms with E-state index < -0.39 is 0 Å². The standard InChI is InChI=1S/C14H18BrNO/c15-12-6-7-14-11(8-12)9-16(10-17-14)13-4-2-1-3-5-13/h6-8,13H,1-5,9-10H2/p+1. The number of quaternary nitrogens is 1. The number of hydrogen-bond acceptors (Lipinski definition) is 1. The first-order valence-corrected chi connectivity index (χ1v) is 7.38. The molecule has 1 aromatic carbocycles. The summed E-state index contributed by atoms with van der Waals surface area (Å²) in [6.45, 7) is 1.97. The maximum Gasteiger partial charge on any atom is 0.222 e. The molecule has 0 aromatic heterocycles. The van der Waals surface area contributed by atoms with Crippen molar-refractivity contribution in [1.29, 1.82) is 0 Å². The van der Waals surface area contributed by atoms with Crippen molar-refractivity contribution in [1.82, 2.24) is 0 Å². The Balaban J connectivity index is 1.75. The summed E-state index contributed by atoms with van der Waals surface area (Å²) in [4.78, 5) is 1.62. The highest BCUT2D eigenvalue weighted by atomic mass is 79.9. The Kier molecular flexibility index (Phi) is 3.39. The minimum Gasteiger partial charge on any atom is -0.445 e. The summed E-state index contributed by atoms with van der Waals surface area (Å²) in [5.41, 5.74) is 1.35. The van der Waals surface area contributed by atoms with Crippen molar-refractivity contribution in [3.8, 4) is 5.75 Å². The third kappa shape index (κ3) is 2.50. The van der Waals surface area contributed by atoms with Crippen LogP contribution in [0.3, 0.4) is 0 Å². The van der Waals surface area contributed by atoms with Crippen molar-refractivity contribution in [3.05, 3.63) is 28.2 Å². The van der Waals surface area contributed by atoms with Gasteiger partial charge in [0.2, 0.25) is 6.73 Å².